The molecule has 0 saturated heterocycles. The van der Waals surface area contributed by atoms with E-state index in [1.165, 1.54) is 7.05 Å². The van der Waals surface area contributed by atoms with Gasteiger partial charge in [-0.3, -0.25) is 10.1 Å². The maximum Gasteiger partial charge on any atom is 0.422 e. The number of nitrogens with zero attached hydrogens (tertiary/aromatic N) is 3. The molecule has 0 unspecified atom stereocenters. The molecule has 0 aromatic rings. The fourth-order valence-corrected chi connectivity index (χ4v) is 0.162. The second-order valence-corrected chi connectivity index (χ2v) is 1.03. The van der Waals surface area contributed by atoms with E-state index >= 15 is 0 Å². The van der Waals surface area contributed by atoms with Gasteiger partial charge in [0.2, 0.25) is 0 Å². The zero-order valence-electron chi connectivity index (χ0n) is 4.27. The summed E-state index contributed by atoms with van der Waals surface area (Å²) < 4.78 is 0. The van der Waals surface area contributed by atoms with Gasteiger partial charge in [0.15, 0.2) is 0 Å². The Kier molecular flexibility index (Phi) is 2.46. The van der Waals surface area contributed by atoms with E-state index in [-0.39, 0.29) is 4.86 Å². The van der Waals surface area contributed by atoms with Crippen LogP contribution in [-0.2, 0) is 0 Å². The van der Waals surface area contributed by atoms with Crippen molar-refractivity contribution in [2.45, 2.75) is 0 Å². The van der Waals surface area contributed by atoms with Gasteiger partial charge in [0.05, 0.1) is 12.0 Å². The van der Waals surface area contributed by atoms with Gasteiger partial charge in [-0.15, -0.1) is 0 Å². The molecule has 8 heavy (non-hydrogen) atoms. The van der Waals surface area contributed by atoms with Crippen LogP contribution < -0.4 is 0 Å². The summed E-state index contributed by atoms with van der Waals surface area (Å²) in [7, 11) is 1.19. The van der Waals surface area contributed by atoms with E-state index in [0.29, 0.717) is 0 Å². The van der Waals surface area contributed by atoms with Crippen molar-refractivity contribution >= 4 is 0 Å². The van der Waals surface area contributed by atoms with Gasteiger partial charge in [0.1, 0.15) is 0 Å². The van der Waals surface area contributed by atoms with Crippen molar-refractivity contribution in [1.29, 1.82) is 0 Å². The molecule has 0 rings (SSSR count). The lowest BCUT2D eigenvalue weighted by molar-refractivity contribution is -0.711. The van der Waals surface area contributed by atoms with E-state index in [0.717, 1.165) is 0 Å². The van der Waals surface area contributed by atoms with Crippen molar-refractivity contribution in [3.8, 4) is 0 Å². The Morgan fingerprint density at radius 2 is 2.12 bits per heavy atom. The molecule has 0 saturated carbocycles. The van der Waals surface area contributed by atoms with Crippen molar-refractivity contribution in [3.63, 3.8) is 0 Å². The average molecular weight is 119 g/mol. The molecule has 0 aromatic heterocycles. The van der Waals surface area contributed by atoms with Crippen molar-refractivity contribution < 1.29 is 9.78 Å². The molecule has 0 fully saturated rings. The van der Waals surface area contributed by atoms with Gasteiger partial charge < -0.3 is 5.21 Å². The lowest BCUT2D eigenvalue weighted by Crippen LogP contribution is -2.11. The molecule has 0 aliphatic carbocycles. The van der Waals surface area contributed by atoms with Crippen molar-refractivity contribution in [2.24, 2.45) is 5.11 Å². The molecular formula is C2H5N3O3. The van der Waals surface area contributed by atoms with E-state index in [1.807, 2.05) is 0 Å². The number of hydrogen-bond acceptors (Lipinski definition) is 4. The van der Waals surface area contributed by atoms with Gasteiger partial charge in [-0.1, -0.05) is 0 Å². The van der Waals surface area contributed by atoms with Crippen LogP contribution in [0.5, 0.6) is 0 Å². The second-order valence-electron chi connectivity index (χ2n) is 1.03. The predicted octanol–water partition coefficient (Wildman–Crippen LogP) is -0.187. The smallest absolute Gasteiger partial charge is 0.422 e. The maximum atomic E-state index is 9.93. The summed E-state index contributed by atoms with van der Waals surface area (Å²) in [6.45, 7) is -0.781. The van der Waals surface area contributed by atoms with Crippen LogP contribution in [-0.4, -0.2) is 23.5 Å². The van der Waals surface area contributed by atoms with Crippen LogP contribution >= 0.6 is 0 Å². The third-order valence-corrected chi connectivity index (χ3v) is 0.460. The van der Waals surface area contributed by atoms with Gasteiger partial charge in [0.25, 0.3) is 0 Å². The highest BCUT2D eigenvalue weighted by molar-refractivity contribution is 4.03. The first-order valence-corrected chi connectivity index (χ1v) is 1.83. The monoisotopic (exact) mass is 119 g/mol. The first-order valence-electron chi connectivity index (χ1n) is 1.83. The summed E-state index contributed by atoms with van der Waals surface area (Å²) >= 11 is 0. The quantitative estimate of drug-likeness (QED) is 0.166. The standard InChI is InChI=1S/C2H5N3O3/c1-3-4(6)2-5(7)8/h2H2,1H3. The van der Waals surface area contributed by atoms with Crippen LogP contribution in [0, 0.1) is 15.3 Å². The largest absolute Gasteiger partial charge is 0.595 e. The predicted molar refractivity (Wildman–Crippen MR) is 23.8 cm³/mol. The summed E-state index contributed by atoms with van der Waals surface area (Å²) in [6.07, 6.45) is 0. The minimum Gasteiger partial charge on any atom is -0.595 e. The Bertz CT molecular complexity index is 120. The van der Waals surface area contributed by atoms with Crippen molar-refractivity contribution in [1.82, 2.24) is 0 Å². The molecule has 6 nitrogen and oxygen atoms in total. The number of hydroxylamine groups is 1. The molecule has 0 aliphatic rings. The molecule has 0 atom stereocenters. The molecule has 46 valence electrons. The van der Waals surface area contributed by atoms with Crippen LogP contribution in [0.25, 0.3) is 0 Å². The highest BCUT2D eigenvalue weighted by Gasteiger charge is 2.00. The molecule has 0 spiro atoms. The molecule has 0 aliphatic heterocycles. The third-order valence-electron chi connectivity index (χ3n) is 0.460. The summed E-state index contributed by atoms with van der Waals surface area (Å²) in [5.41, 5.74) is 0. The normalized spacial score (nSPS) is 11.4. The fraction of sp³-hybridized carbons (Fsp3) is 1.00. The van der Waals surface area contributed by atoms with Gasteiger partial charge >= 0.3 is 6.67 Å². The Morgan fingerprint density at radius 3 is 2.25 bits per heavy atom. The van der Waals surface area contributed by atoms with E-state index in [9.17, 15) is 15.3 Å². The Morgan fingerprint density at radius 1 is 1.62 bits per heavy atom. The molecule has 0 aromatic carbocycles. The number of azo groups is 1. The lowest BCUT2D eigenvalue weighted by atomic mass is 11.2. The summed E-state index contributed by atoms with van der Waals surface area (Å²) in [6, 6.07) is 0. The summed E-state index contributed by atoms with van der Waals surface area (Å²) in [4.78, 5) is 8.72. The van der Waals surface area contributed by atoms with Gasteiger partial charge in [-0.2, -0.15) is 0 Å². The first-order chi connectivity index (χ1) is 3.66. The molecule has 0 heterocycles. The SMILES string of the molecule is CN=[N+]([O-])C[N+](=O)[O-]. The Balaban J connectivity index is 3.56. The highest BCUT2D eigenvalue weighted by atomic mass is 16.6. The minimum atomic E-state index is -0.781. The zero-order valence-corrected chi connectivity index (χ0v) is 4.27. The van der Waals surface area contributed by atoms with E-state index in [1.54, 1.807) is 0 Å². The fourth-order valence-electron chi connectivity index (χ4n) is 0.162. The zero-order chi connectivity index (χ0) is 6.57. The van der Waals surface area contributed by atoms with Crippen molar-refractivity contribution in [2.75, 3.05) is 13.7 Å². The number of nitro groups is 1. The summed E-state index contributed by atoms with van der Waals surface area (Å²) in [5, 5.41) is 22.4. The maximum absolute atomic E-state index is 9.93. The average Bonchev–Trinajstić information content (AvgIpc) is 1.65. The third kappa shape index (κ3) is 3.01. The van der Waals surface area contributed by atoms with E-state index < -0.39 is 11.6 Å². The van der Waals surface area contributed by atoms with Crippen LogP contribution in [0.1, 0.15) is 0 Å². The molecule has 0 N–H and O–H groups in total. The van der Waals surface area contributed by atoms with Crippen LogP contribution in [0.15, 0.2) is 5.11 Å². The number of rotatable bonds is 2. The minimum absolute atomic E-state index is 0. The molecule has 0 amide bonds. The van der Waals surface area contributed by atoms with Crippen LogP contribution in [0.2, 0.25) is 0 Å². The van der Waals surface area contributed by atoms with E-state index in [4.69, 9.17) is 0 Å². The Labute approximate surface area is 45.2 Å². The van der Waals surface area contributed by atoms with Gasteiger partial charge in [-0.05, 0) is 9.97 Å². The lowest BCUT2D eigenvalue weighted by Gasteiger charge is -1.89. The van der Waals surface area contributed by atoms with Crippen LogP contribution in [0.3, 0.4) is 0 Å². The topological polar surface area (TPSA) is 81.6 Å². The molecule has 0 radical (unpaired) electrons. The van der Waals surface area contributed by atoms with Gasteiger partial charge in [-0.25, -0.2) is 0 Å². The summed E-state index contributed by atoms with van der Waals surface area (Å²) in [5.74, 6) is 0. The first kappa shape index (κ1) is 6.80. The van der Waals surface area contributed by atoms with Crippen LogP contribution in [0.4, 0.5) is 0 Å². The molecular weight excluding hydrogens is 114 g/mol. The van der Waals surface area contributed by atoms with E-state index in [2.05, 4.69) is 5.11 Å². The molecule has 0 bridgehead atoms. The van der Waals surface area contributed by atoms with Crippen molar-refractivity contribution in [3.05, 3.63) is 15.3 Å². The number of hydrogen-bond donors (Lipinski definition) is 0. The highest BCUT2D eigenvalue weighted by Crippen LogP contribution is 1.71. The Hall–Kier alpha value is -1.20. The molecule has 6 heteroatoms. The second kappa shape index (κ2) is 2.89. The van der Waals surface area contributed by atoms with Gasteiger partial charge in [0, 0.05) is 0 Å².